The third-order valence-corrected chi connectivity index (χ3v) is 5.62. The number of halogens is 2. The lowest BCUT2D eigenvalue weighted by molar-refractivity contribution is -0.138. The lowest BCUT2D eigenvalue weighted by Crippen LogP contribution is -2.23. The minimum atomic E-state index is -3.37. The predicted octanol–water partition coefficient (Wildman–Crippen LogP) is 3.48. The summed E-state index contributed by atoms with van der Waals surface area (Å²) in [4.78, 5) is 44.7. The SMILES string of the molecule is Cc1cc([C@H](O)C(C)(F)F)ncc1-c1cc2cnc(NC(=O)OC(=O)C3CC3)cc2n(C)c1=O. The highest BCUT2D eigenvalue weighted by atomic mass is 19.3. The summed E-state index contributed by atoms with van der Waals surface area (Å²) >= 11 is 0. The number of carbonyl (C=O) groups is 2. The van der Waals surface area contributed by atoms with Crippen molar-refractivity contribution in [2.75, 3.05) is 5.32 Å². The van der Waals surface area contributed by atoms with Crippen LogP contribution in [-0.2, 0) is 16.6 Å². The molecular formula is C23H22F2N4O5. The fourth-order valence-electron chi connectivity index (χ4n) is 3.52. The number of carbonyl (C=O) groups excluding carboxylic acids is 2. The zero-order valence-corrected chi connectivity index (χ0v) is 18.6. The van der Waals surface area contributed by atoms with Crippen molar-refractivity contribution in [2.24, 2.45) is 13.0 Å². The van der Waals surface area contributed by atoms with Gasteiger partial charge < -0.3 is 14.4 Å². The first-order chi connectivity index (χ1) is 16.0. The minimum Gasteiger partial charge on any atom is -0.380 e. The Morgan fingerprint density at radius 3 is 2.53 bits per heavy atom. The Bertz CT molecular complexity index is 1360. The van der Waals surface area contributed by atoms with Crippen LogP contribution in [0.5, 0.6) is 0 Å². The van der Waals surface area contributed by atoms with E-state index >= 15 is 0 Å². The van der Waals surface area contributed by atoms with Gasteiger partial charge in [-0.05, 0) is 37.5 Å². The van der Waals surface area contributed by atoms with Crippen molar-refractivity contribution in [3.05, 3.63) is 52.2 Å². The average Bonchev–Trinajstić information content (AvgIpc) is 3.61. The Labute approximate surface area is 192 Å². The predicted molar refractivity (Wildman–Crippen MR) is 118 cm³/mol. The van der Waals surface area contributed by atoms with Gasteiger partial charge in [0, 0.05) is 48.9 Å². The molecule has 9 nitrogen and oxygen atoms in total. The molecule has 3 aromatic heterocycles. The molecule has 11 heteroatoms. The highest BCUT2D eigenvalue weighted by Gasteiger charge is 2.35. The first-order valence-corrected chi connectivity index (χ1v) is 10.5. The first kappa shape index (κ1) is 23.4. The van der Waals surface area contributed by atoms with Crippen molar-refractivity contribution in [1.82, 2.24) is 14.5 Å². The molecule has 34 heavy (non-hydrogen) atoms. The number of alkyl halides is 2. The molecule has 0 aliphatic heterocycles. The number of fused-ring (bicyclic) bond motifs is 1. The summed E-state index contributed by atoms with van der Waals surface area (Å²) in [6.07, 6.45) is 1.10. The number of ether oxygens (including phenoxy) is 1. The maximum Gasteiger partial charge on any atom is 0.420 e. The van der Waals surface area contributed by atoms with Gasteiger partial charge >= 0.3 is 12.1 Å². The van der Waals surface area contributed by atoms with Gasteiger partial charge in [-0.15, -0.1) is 0 Å². The summed E-state index contributed by atoms with van der Waals surface area (Å²) < 4.78 is 33.0. The van der Waals surface area contributed by atoms with E-state index in [0.29, 0.717) is 41.8 Å². The van der Waals surface area contributed by atoms with E-state index in [4.69, 9.17) is 4.74 Å². The van der Waals surface area contributed by atoms with E-state index in [2.05, 4.69) is 15.3 Å². The third kappa shape index (κ3) is 4.65. The van der Waals surface area contributed by atoms with E-state index < -0.39 is 29.6 Å². The normalized spacial score (nSPS) is 14.6. The third-order valence-electron chi connectivity index (χ3n) is 5.62. The van der Waals surface area contributed by atoms with Crippen LogP contribution in [0.15, 0.2) is 35.4 Å². The monoisotopic (exact) mass is 472 g/mol. The quantitative estimate of drug-likeness (QED) is 0.430. The first-order valence-electron chi connectivity index (χ1n) is 10.5. The number of anilines is 1. The van der Waals surface area contributed by atoms with E-state index in [1.165, 1.54) is 36.1 Å². The second-order valence-electron chi connectivity index (χ2n) is 8.44. The van der Waals surface area contributed by atoms with Crippen LogP contribution in [0.2, 0.25) is 0 Å². The van der Waals surface area contributed by atoms with Crippen molar-refractivity contribution in [3.63, 3.8) is 0 Å². The van der Waals surface area contributed by atoms with E-state index in [-0.39, 0.29) is 23.0 Å². The number of amides is 1. The number of hydrogen-bond donors (Lipinski definition) is 2. The van der Waals surface area contributed by atoms with Gasteiger partial charge in [0.15, 0.2) is 6.10 Å². The van der Waals surface area contributed by atoms with E-state index in [9.17, 15) is 28.3 Å². The van der Waals surface area contributed by atoms with Crippen LogP contribution >= 0.6 is 0 Å². The van der Waals surface area contributed by atoms with E-state index in [1.54, 1.807) is 13.0 Å². The Morgan fingerprint density at radius 1 is 1.21 bits per heavy atom. The number of aromatic nitrogens is 3. The molecule has 178 valence electrons. The van der Waals surface area contributed by atoms with Crippen molar-refractivity contribution in [2.45, 2.75) is 38.7 Å². The van der Waals surface area contributed by atoms with Crippen molar-refractivity contribution in [1.29, 1.82) is 0 Å². The lowest BCUT2D eigenvalue weighted by Gasteiger charge is -2.18. The molecule has 0 radical (unpaired) electrons. The summed E-state index contributed by atoms with van der Waals surface area (Å²) in [6, 6.07) is 4.37. The van der Waals surface area contributed by atoms with Gasteiger partial charge in [-0.25, -0.2) is 18.6 Å². The molecule has 0 bridgehead atoms. The summed E-state index contributed by atoms with van der Waals surface area (Å²) in [6.45, 7) is 2.23. The van der Waals surface area contributed by atoms with E-state index in [1.807, 2.05) is 0 Å². The molecule has 1 atom stereocenters. The van der Waals surface area contributed by atoms with Gasteiger partial charge in [0.1, 0.15) is 5.82 Å². The van der Waals surface area contributed by atoms with Crippen LogP contribution < -0.4 is 10.9 Å². The molecule has 0 aromatic carbocycles. The zero-order chi connectivity index (χ0) is 24.8. The number of aryl methyl sites for hydroxylation is 2. The van der Waals surface area contributed by atoms with Gasteiger partial charge in [0.2, 0.25) is 0 Å². The van der Waals surface area contributed by atoms with Crippen LogP contribution in [0, 0.1) is 12.8 Å². The maximum absolute atomic E-state index is 13.5. The number of hydrogen-bond acceptors (Lipinski definition) is 7. The Hall–Kier alpha value is -3.73. The molecule has 1 aliphatic carbocycles. The summed E-state index contributed by atoms with van der Waals surface area (Å²) in [5.74, 6) is -4.08. The molecule has 1 saturated carbocycles. The standard InChI is InChI=1S/C23H22F2N4O5/c1-11-6-16(19(30)23(2,24)25)26-10-15(11)14-7-13-9-27-18(8-17(13)29(3)20(14)31)28-22(33)34-21(32)12-4-5-12/h6-10,12,19,30H,4-5H2,1-3H3,(H,27,28,33)/t19-/m0/s1. The van der Waals surface area contributed by atoms with Crippen molar-refractivity contribution < 1.29 is 28.2 Å². The highest BCUT2D eigenvalue weighted by Crippen LogP contribution is 2.32. The number of nitrogens with one attached hydrogen (secondary N) is 1. The summed E-state index contributed by atoms with van der Waals surface area (Å²) in [7, 11) is 1.53. The largest absolute Gasteiger partial charge is 0.420 e. The number of aliphatic hydroxyl groups excluding tert-OH is 1. The fourth-order valence-corrected chi connectivity index (χ4v) is 3.52. The number of esters is 1. The van der Waals surface area contributed by atoms with Gasteiger partial charge in [-0.2, -0.15) is 0 Å². The topological polar surface area (TPSA) is 123 Å². The Kier molecular flexibility index (Phi) is 5.90. The zero-order valence-electron chi connectivity index (χ0n) is 18.6. The molecule has 0 spiro atoms. The number of aliphatic hydroxyl groups is 1. The number of nitrogens with zero attached hydrogens (tertiary/aromatic N) is 3. The van der Waals surface area contributed by atoms with Gasteiger partial charge in [0.05, 0.1) is 17.1 Å². The molecule has 2 N–H and O–H groups in total. The molecule has 1 aliphatic rings. The van der Waals surface area contributed by atoms with Crippen molar-refractivity contribution in [3.8, 4) is 11.1 Å². The summed E-state index contributed by atoms with van der Waals surface area (Å²) in [5, 5.41) is 12.7. The molecule has 1 fully saturated rings. The van der Waals surface area contributed by atoms with Gasteiger partial charge in [0.25, 0.3) is 11.5 Å². The van der Waals surface area contributed by atoms with Crippen LogP contribution in [0.4, 0.5) is 19.4 Å². The van der Waals surface area contributed by atoms with E-state index in [0.717, 1.165) is 0 Å². The smallest absolute Gasteiger partial charge is 0.380 e. The van der Waals surface area contributed by atoms with Crippen LogP contribution in [0.25, 0.3) is 22.0 Å². The second kappa shape index (κ2) is 8.56. The van der Waals surface area contributed by atoms with Crippen LogP contribution in [0.1, 0.15) is 37.1 Å². The molecule has 1 amide bonds. The lowest BCUT2D eigenvalue weighted by atomic mass is 10.00. The molecule has 3 heterocycles. The van der Waals surface area contributed by atoms with Crippen LogP contribution in [0.3, 0.4) is 0 Å². The molecule has 0 unspecified atom stereocenters. The Morgan fingerprint density at radius 2 is 1.91 bits per heavy atom. The maximum atomic E-state index is 13.5. The van der Waals surface area contributed by atoms with Crippen molar-refractivity contribution >= 4 is 28.8 Å². The number of pyridine rings is 3. The second-order valence-corrected chi connectivity index (χ2v) is 8.44. The number of rotatable bonds is 5. The van der Waals surface area contributed by atoms with Gasteiger partial charge in [-0.1, -0.05) is 0 Å². The molecule has 0 saturated heterocycles. The fraction of sp³-hybridized carbons (Fsp3) is 0.348. The van der Waals surface area contributed by atoms with Gasteiger partial charge in [-0.3, -0.25) is 19.9 Å². The average molecular weight is 472 g/mol. The van der Waals surface area contributed by atoms with Crippen LogP contribution in [-0.4, -0.2) is 37.6 Å². The summed E-state index contributed by atoms with van der Waals surface area (Å²) in [5.41, 5.74) is 1.03. The minimum absolute atomic E-state index is 0.0977. The molecular weight excluding hydrogens is 450 g/mol. The Balaban J connectivity index is 1.65. The highest BCUT2D eigenvalue weighted by molar-refractivity contribution is 5.95. The molecule has 4 rings (SSSR count). The molecule has 3 aromatic rings.